The van der Waals surface area contributed by atoms with Crippen molar-refractivity contribution in [2.24, 2.45) is 0 Å². The molecule has 0 radical (unpaired) electrons. The van der Waals surface area contributed by atoms with E-state index in [4.69, 9.17) is 0 Å². The molecule has 1 nitrogen and oxygen atoms in total. The lowest BCUT2D eigenvalue weighted by molar-refractivity contribution is 0.528. The van der Waals surface area contributed by atoms with Gasteiger partial charge < -0.3 is 5.32 Å². The van der Waals surface area contributed by atoms with E-state index in [0.29, 0.717) is 0 Å². The van der Waals surface area contributed by atoms with Gasteiger partial charge in [0.25, 0.3) is 0 Å². The lowest BCUT2D eigenvalue weighted by Crippen LogP contribution is -2.17. The highest BCUT2D eigenvalue weighted by atomic mass is 19.1. The van der Waals surface area contributed by atoms with Crippen LogP contribution in [0.1, 0.15) is 58.8 Å². The molecule has 0 unspecified atom stereocenters. The van der Waals surface area contributed by atoms with Crippen LogP contribution in [0.15, 0.2) is 34.9 Å². The third kappa shape index (κ3) is 6.51. The van der Waals surface area contributed by atoms with Gasteiger partial charge in [0.15, 0.2) is 0 Å². The molecule has 114 valence electrons. The van der Waals surface area contributed by atoms with E-state index in [2.05, 4.69) is 37.4 Å². The molecule has 0 aliphatic heterocycles. The van der Waals surface area contributed by atoms with Gasteiger partial charge in [-0.2, -0.15) is 0 Å². The maximum atomic E-state index is 13.4. The van der Waals surface area contributed by atoms with Gasteiger partial charge in [-0.05, 0) is 63.6 Å². The molecule has 0 heterocycles. The van der Waals surface area contributed by atoms with Crippen LogP contribution < -0.4 is 5.32 Å². The first-order valence-corrected chi connectivity index (χ1v) is 8.13. The first kappa shape index (κ1) is 17.2. The first-order valence-electron chi connectivity index (χ1n) is 8.13. The molecule has 2 heteroatoms. The highest BCUT2D eigenvalue weighted by Gasteiger charge is 2.07. The molecule has 0 aromatic carbocycles. The van der Waals surface area contributed by atoms with E-state index in [0.717, 1.165) is 63.6 Å². The van der Waals surface area contributed by atoms with Crippen LogP contribution in [-0.4, -0.2) is 19.8 Å². The molecular formula is C18H30FN. The number of rotatable bonds is 7. The van der Waals surface area contributed by atoms with Crippen LogP contribution >= 0.6 is 0 Å². The minimum absolute atomic E-state index is 0.291. The van der Waals surface area contributed by atoms with Gasteiger partial charge in [0.2, 0.25) is 0 Å². The summed E-state index contributed by atoms with van der Waals surface area (Å²) in [7, 11) is 0. The minimum Gasteiger partial charge on any atom is -0.316 e. The number of alkyl halides is 1. The third-order valence-electron chi connectivity index (χ3n) is 3.89. The Bertz CT molecular complexity index is 352. The lowest BCUT2D eigenvalue weighted by atomic mass is 9.95. The Kier molecular flexibility index (Phi) is 9.31. The summed E-state index contributed by atoms with van der Waals surface area (Å²) in [4.78, 5) is 0. The molecular weight excluding hydrogens is 249 g/mol. The van der Waals surface area contributed by atoms with E-state index in [-0.39, 0.29) is 6.67 Å². The fourth-order valence-corrected chi connectivity index (χ4v) is 2.57. The molecule has 1 aliphatic carbocycles. The Hall–Kier alpha value is -0.890. The predicted octanol–water partition coefficient (Wildman–Crippen LogP) is 5.11. The van der Waals surface area contributed by atoms with E-state index in [1.807, 2.05) is 0 Å². The zero-order valence-electron chi connectivity index (χ0n) is 13.2. The maximum Gasteiger partial charge on any atom is 0.111 e. The Labute approximate surface area is 124 Å². The summed E-state index contributed by atoms with van der Waals surface area (Å²) in [6, 6.07) is 0. The second-order valence-electron chi connectivity index (χ2n) is 5.47. The number of halogens is 1. The molecule has 0 bridgehead atoms. The van der Waals surface area contributed by atoms with E-state index >= 15 is 0 Å². The summed E-state index contributed by atoms with van der Waals surface area (Å²) in [5.74, 6) is 0. The van der Waals surface area contributed by atoms with Gasteiger partial charge in [-0.15, -0.1) is 0 Å². The Morgan fingerprint density at radius 3 is 2.75 bits per heavy atom. The summed E-state index contributed by atoms with van der Waals surface area (Å²) in [6.07, 6.45) is 13.9. The van der Waals surface area contributed by atoms with Gasteiger partial charge >= 0.3 is 0 Å². The number of allylic oxidation sites excluding steroid dienone is 5. The van der Waals surface area contributed by atoms with E-state index < -0.39 is 0 Å². The summed E-state index contributed by atoms with van der Waals surface area (Å²) >= 11 is 0. The number of nitrogens with one attached hydrogen (secondary N) is 1. The summed E-state index contributed by atoms with van der Waals surface area (Å²) in [5, 5.41) is 3.42. The van der Waals surface area contributed by atoms with E-state index in [1.54, 1.807) is 0 Å². The second kappa shape index (κ2) is 10.8. The van der Waals surface area contributed by atoms with Crippen molar-refractivity contribution in [3.63, 3.8) is 0 Å². The highest BCUT2D eigenvalue weighted by molar-refractivity contribution is 5.25. The minimum atomic E-state index is -0.291. The van der Waals surface area contributed by atoms with Crippen molar-refractivity contribution in [3.05, 3.63) is 34.9 Å². The summed E-state index contributed by atoms with van der Waals surface area (Å²) in [6.45, 7) is 6.08. The van der Waals surface area contributed by atoms with Gasteiger partial charge in [0, 0.05) is 0 Å². The van der Waals surface area contributed by atoms with Crippen molar-refractivity contribution in [3.8, 4) is 0 Å². The molecule has 1 N–H and O–H groups in total. The molecule has 0 atom stereocenters. The van der Waals surface area contributed by atoms with Crippen LogP contribution in [0, 0.1) is 0 Å². The van der Waals surface area contributed by atoms with Crippen molar-refractivity contribution in [1.29, 1.82) is 0 Å². The van der Waals surface area contributed by atoms with Gasteiger partial charge in [-0.1, -0.05) is 43.2 Å². The van der Waals surface area contributed by atoms with Crippen LogP contribution in [0.25, 0.3) is 0 Å². The average Bonchev–Trinajstić information content (AvgIpc) is 2.48. The summed E-state index contributed by atoms with van der Waals surface area (Å²) < 4.78 is 13.4. The average molecular weight is 279 g/mol. The van der Waals surface area contributed by atoms with Gasteiger partial charge in [0.1, 0.15) is 6.67 Å². The quantitative estimate of drug-likeness (QED) is 0.504. The van der Waals surface area contributed by atoms with Crippen molar-refractivity contribution in [2.75, 3.05) is 19.8 Å². The maximum absolute atomic E-state index is 13.4. The number of hydrogen-bond donors (Lipinski definition) is 1. The third-order valence-corrected chi connectivity index (χ3v) is 3.89. The van der Waals surface area contributed by atoms with Crippen molar-refractivity contribution >= 4 is 0 Å². The van der Waals surface area contributed by atoms with Gasteiger partial charge in [0.05, 0.1) is 0 Å². The molecule has 0 saturated heterocycles. The predicted molar refractivity (Wildman–Crippen MR) is 86.8 cm³/mol. The van der Waals surface area contributed by atoms with Crippen molar-refractivity contribution in [1.82, 2.24) is 5.32 Å². The smallest absolute Gasteiger partial charge is 0.111 e. The van der Waals surface area contributed by atoms with Crippen LogP contribution in [0.4, 0.5) is 4.39 Å². The monoisotopic (exact) mass is 279 g/mol. The molecule has 0 fully saturated rings. The topological polar surface area (TPSA) is 12.0 Å². The molecule has 1 rings (SSSR count). The van der Waals surface area contributed by atoms with Crippen LogP contribution in [0.2, 0.25) is 0 Å². The molecule has 0 amide bonds. The fourth-order valence-electron chi connectivity index (χ4n) is 2.57. The van der Waals surface area contributed by atoms with E-state index in [9.17, 15) is 4.39 Å². The Morgan fingerprint density at radius 2 is 2.05 bits per heavy atom. The second-order valence-corrected chi connectivity index (χ2v) is 5.47. The molecule has 0 spiro atoms. The zero-order chi connectivity index (χ0) is 14.6. The van der Waals surface area contributed by atoms with Crippen molar-refractivity contribution < 1.29 is 4.39 Å². The Balaban J connectivity index is 2.71. The first-order chi connectivity index (χ1) is 9.81. The number of hydrogen-bond acceptors (Lipinski definition) is 1. The van der Waals surface area contributed by atoms with Crippen LogP contribution in [0.3, 0.4) is 0 Å². The molecule has 1 aliphatic rings. The molecule has 0 aromatic heterocycles. The molecule has 0 aromatic rings. The standard InChI is InChI=1S/C18H30FN/c1-3-13-20-14-12-17-9-7-5-6-8-16(4-2)10-11-18(17)15-19/h6,8,10,20H,3-5,7,9,11-15H2,1-2H3/b8-6?,16-10-,18-17-. The van der Waals surface area contributed by atoms with Crippen molar-refractivity contribution in [2.45, 2.75) is 58.8 Å². The fraction of sp³-hybridized carbons (Fsp3) is 0.667. The SMILES string of the molecule is CCCNCC/C1=C(\CF)C/C=C(/CC)C=CCCC1. The van der Waals surface area contributed by atoms with Gasteiger partial charge in [-0.3, -0.25) is 0 Å². The zero-order valence-corrected chi connectivity index (χ0v) is 13.2. The lowest BCUT2D eigenvalue weighted by Gasteiger charge is -2.14. The van der Waals surface area contributed by atoms with E-state index in [1.165, 1.54) is 11.1 Å². The highest BCUT2D eigenvalue weighted by Crippen LogP contribution is 2.22. The van der Waals surface area contributed by atoms with Crippen LogP contribution in [-0.2, 0) is 0 Å². The largest absolute Gasteiger partial charge is 0.316 e. The van der Waals surface area contributed by atoms with Crippen LogP contribution in [0.5, 0.6) is 0 Å². The molecule has 20 heavy (non-hydrogen) atoms. The van der Waals surface area contributed by atoms with Gasteiger partial charge in [-0.25, -0.2) is 4.39 Å². The summed E-state index contributed by atoms with van der Waals surface area (Å²) in [5.41, 5.74) is 3.70. The molecule has 0 saturated carbocycles. The normalized spacial score (nSPS) is 23.4. The Morgan fingerprint density at radius 1 is 1.20 bits per heavy atom.